The highest BCUT2D eigenvalue weighted by molar-refractivity contribution is 7.25. The van der Waals surface area contributed by atoms with Crippen molar-refractivity contribution in [2.24, 2.45) is 0 Å². The molecule has 6 heteroatoms. The Balaban J connectivity index is 2.47. The molecule has 0 radical (unpaired) electrons. The Labute approximate surface area is 106 Å². The summed E-state index contributed by atoms with van der Waals surface area (Å²) in [6.45, 7) is 0. The molecule has 0 atom stereocenters. The van der Waals surface area contributed by atoms with Gasteiger partial charge in [0.25, 0.3) is 5.56 Å². The first kappa shape index (κ1) is 11.0. The van der Waals surface area contributed by atoms with Crippen LogP contribution in [-0.2, 0) is 0 Å². The first-order valence-corrected chi connectivity index (χ1v) is 6.08. The van der Waals surface area contributed by atoms with Crippen LogP contribution >= 0.6 is 11.3 Å². The predicted molar refractivity (Wildman–Crippen MR) is 70.9 cm³/mol. The highest BCUT2D eigenvalue weighted by Gasteiger charge is 2.13. The van der Waals surface area contributed by atoms with Crippen molar-refractivity contribution < 1.29 is 9.47 Å². The number of methoxy groups -OCH3 is 2. The third-order valence-electron chi connectivity index (χ3n) is 2.76. The third kappa shape index (κ3) is 1.46. The molecule has 0 aliphatic heterocycles. The second-order valence-electron chi connectivity index (χ2n) is 3.71. The fraction of sp³-hybridized carbons (Fsp3) is 0.167. The monoisotopic (exact) mass is 262 g/mol. The van der Waals surface area contributed by atoms with Gasteiger partial charge in [-0.3, -0.25) is 4.79 Å². The van der Waals surface area contributed by atoms with Crippen LogP contribution in [0.3, 0.4) is 0 Å². The van der Waals surface area contributed by atoms with Crippen LogP contribution in [0.5, 0.6) is 11.5 Å². The number of hydrogen-bond acceptors (Lipinski definition) is 5. The van der Waals surface area contributed by atoms with Gasteiger partial charge in [-0.1, -0.05) is 0 Å². The van der Waals surface area contributed by atoms with Crippen molar-refractivity contribution >= 4 is 31.6 Å². The first-order valence-electron chi connectivity index (χ1n) is 5.26. The van der Waals surface area contributed by atoms with Crippen LogP contribution in [0.1, 0.15) is 0 Å². The predicted octanol–water partition coefficient (Wildman–Crippen LogP) is 2.15. The van der Waals surface area contributed by atoms with Crippen molar-refractivity contribution in [1.29, 1.82) is 0 Å². The van der Waals surface area contributed by atoms with Gasteiger partial charge in [-0.2, -0.15) is 0 Å². The molecular weight excluding hydrogens is 252 g/mol. The van der Waals surface area contributed by atoms with E-state index in [4.69, 9.17) is 9.47 Å². The van der Waals surface area contributed by atoms with Gasteiger partial charge in [-0.05, 0) is 6.07 Å². The topological polar surface area (TPSA) is 64.2 Å². The molecular formula is C12H10N2O3S. The maximum Gasteiger partial charge on any atom is 0.268 e. The van der Waals surface area contributed by atoms with E-state index in [-0.39, 0.29) is 5.56 Å². The standard InChI is InChI=1S/C12H10N2O3S/c1-16-7-3-6-9(4-8(7)17-2)18-11-10(6)13-5-14-12(11)15/h3-5H,1-2H3,(H,13,14,15). The van der Waals surface area contributed by atoms with E-state index < -0.39 is 0 Å². The number of nitrogens with zero attached hydrogens (tertiary/aromatic N) is 1. The van der Waals surface area contributed by atoms with Crippen LogP contribution in [0.4, 0.5) is 0 Å². The molecule has 1 N–H and O–H groups in total. The molecule has 0 unspecified atom stereocenters. The van der Waals surface area contributed by atoms with Crippen LogP contribution < -0.4 is 15.0 Å². The maximum atomic E-state index is 11.7. The summed E-state index contributed by atoms with van der Waals surface area (Å²) in [7, 11) is 3.17. The Morgan fingerprint density at radius 3 is 2.67 bits per heavy atom. The summed E-state index contributed by atoms with van der Waals surface area (Å²) in [4.78, 5) is 18.5. The third-order valence-corrected chi connectivity index (χ3v) is 3.90. The van der Waals surface area contributed by atoms with Crippen LogP contribution in [0, 0.1) is 0 Å². The van der Waals surface area contributed by atoms with Gasteiger partial charge in [0.15, 0.2) is 11.5 Å². The van der Waals surface area contributed by atoms with Gasteiger partial charge in [0, 0.05) is 16.2 Å². The van der Waals surface area contributed by atoms with E-state index in [2.05, 4.69) is 9.97 Å². The van der Waals surface area contributed by atoms with Gasteiger partial charge in [0.1, 0.15) is 4.70 Å². The SMILES string of the molecule is COc1cc2sc3c(=O)[nH]cnc3c2cc1OC. The normalized spacial score (nSPS) is 11.0. The molecule has 2 aromatic heterocycles. The van der Waals surface area contributed by atoms with Gasteiger partial charge in [0.05, 0.1) is 26.1 Å². The lowest BCUT2D eigenvalue weighted by Gasteiger charge is -2.06. The molecule has 3 rings (SSSR count). The summed E-state index contributed by atoms with van der Waals surface area (Å²) in [6.07, 6.45) is 1.41. The Morgan fingerprint density at radius 1 is 1.22 bits per heavy atom. The van der Waals surface area contributed by atoms with Gasteiger partial charge in [-0.25, -0.2) is 4.98 Å². The molecule has 0 aliphatic carbocycles. The smallest absolute Gasteiger partial charge is 0.268 e. The van der Waals surface area contributed by atoms with Crippen molar-refractivity contribution in [3.05, 3.63) is 28.8 Å². The summed E-state index contributed by atoms with van der Waals surface area (Å²) in [5, 5.41) is 0.902. The highest BCUT2D eigenvalue weighted by Crippen LogP contribution is 2.38. The summed E-state index contributed by atoms with van der Waals surface area (Å²) >= 11 is 1.40. The Hall–Kier alpha value is -2.08. The van der Waals surface area contributed by atoms with Crippen LogP contribution in [0.15, 0.2) is 23.3 Å². The number of rotatable bonds is 2. The molecule has 3 aromatic rings. The van der Waals surface area contributed by atoms with E-state index in [1.807, 2.05) is 12.1 Å². The first-order chi connectivity index (χ1) is 8.74. The molecule has 18 heavy (non-hydrogen) atoms. The van der Waals surface area contributed by atoms with E-state index in [0.29, 0.717) is 21.7 Å². The van der Waals surface area contributed by atoms with Crippen LogP contribution in [0.25, 0.3) is 20.3 Å². The quantitative estimate of drug-likeness (QED) is 0.768. The van der Waals surface area contributed by atoms with Gasteiger partial charge in [-0.15, -0.1) is 11.3 Å². The molecule has 0 saturated heterocycles. The average Bonchev–Trinajstić information content (AvgIpc) is 2.76. The number of H-pyrrole nitrogens is 1. The molecule has 0 fully saturated rings. The van der Waals surface area contributed by atoms with Crippen molar-refractivity contribution in [2.45, 2.75) is 0 Å². The van der Waals surface area contributed by atoms with E-state index >= 15 is 0 Å². The second-order valence-corrected chi connectivity index (χ2v) is 4.77. The molecule has 0 spiro atoms. The highest BCUT2D eigenvalue weighted by atomic mass is 32.1. The summed E-state index contributed by atoms with van der Waals surface area (Å²) in [5.41, 5.74) is 0.568. The minimum absolute atomic E-state index is 0.126. The minimum Gasteiger partial charge on any atom is -0.493 e. The lowest BCUT2D eigenvalue weighted by molar-refractivity contribution is 0.356. The van der Waals surface area contributed by atoms with Gasteiger partial charge >= 0.3 is 0 Å². The van der Waals surface area contributed by atoms with E-state index in [1.54, 1.807) is 14.2 Å². The second kappa shape index (κ2) is 3.99. The fourth-order valence-electron chi connectivity index (χ4n) is 1.91. The number of fused-ring (bicyclic) bond motifs is 3. The van der Waals surface area contributed by atoms with Crippen molar-refractivity contribution in [3.8, 4) is 11.5 Å². The number of ether oxygens (including phenoxy) is 2. The molecule has 2 heterocycles. The van der Waals surface area contributed by atoms with Crippen LogP contribution in [0.2, 0.25) is 0 Å². The number of aromatic amines is 1. The number of thiophene rings is 1. The molecule has 5 nitrogen and oxygen atoms in total. The van der Waals surface area contributed by atoms with E-state index in [1.165, 1.54) is 17.7 Å². The van der Waals surface area contributed by atoms with Crippen molar-refractivity contribution in [3.63, 3.8) is 0 Å². The molecule has 0 bridgehead atoms. The zero-order valence-corrected chi connectivity index (χ0v) is 10.6. The number of benzene rings is 1. The lowest BCUT2D eigenvalue weighted by Crippen LogP contribution is -2.03. The zero-order valence-electron chi connectivity index (χ0n) is 9.81. The van der Waals surface area contributed by atoms with Gasteiger partial charge < -0.3 is 14.5 Å². The zero-order chi connectivity index (χ0) is 12.7. The Kier molecular flexibility index (Phi) is 2.45. The lowest BCUT2D eigenvalue weighted by atomic mass is 10.2. The van der Waals surface area contributed by atoms with Crippen molar-refractivity contribution in [2.75, 3.05) is 14.2 Å². The van der Waals surface area contributed by atoms with Crippen LogP contribution in [-0.4, -0.2) is 24.2 Å². The molecule has 1 aromatic carbocycles. The maximum absolute atomic E-state index is 11.7. The average molecular weight is 262 g/mol. The number of hydrogen-bond donors (Lipinski definition) is 1. The number of nitrogens with one attached hydrogen (secondary N) is 1. The Bertz CT molecular complexity index is 791. The Morgan fingerprint density at radius 2 is 1.94 bits per heavy atom. The molecule has 0 saturated carbocycles. The molecule has 92 valence electrons. The van der Waals surface area contributed by atoms with Gasteiger partial charge in [0.2, 0.25) is 0 Å². The summed E-state index contributed by atoms with van der Waals surface area (Å²) in [5.74, 6) is 1.28. The molecule has 0 aliphatic rings. The van der Waals surface area contributed by atoms with Crippen molar-refractivity contribution in [1.82, 2.24) is 9.97 Å². The van der Waals surface area contributed by atoms with E-state index in [9.17, 15) is 4.79 Å². The minimum atomic E-state index is -0.126. The largest absolute Gasteiger partial charge is 0.493 e. The summed E-state index contributed by atoms with van der Waals surface area (Å²) in [6, 6.07) is 3.71. The molecule has 0 amide bonds. The number of aromatic nitrogens is 2. The van der Waals surface area contributed by atoms with E-state index in [0.717, 1.165) is 10.1 Å². The fourth-order valence-corrected chi connectivity index (χ4v) is 2.98. The summed E-state index contributed by atoms with van der Waals surface area (Å²) < 4.78 is 12.1.